The van der Waals surface area contributed by atoms with Gasteiger partial charge in [-0.1, -0.05) is 24.3 Å². The van der Waals surface area contributed by atoms with Gasteiger partial charge in [0.15, 0.2) is 5.96 Å². The molecule has 1 fully saturated rings. The number of hydrogen-bond acceptors (Lipinski definition) is 3. The molecule has 1 unspecified atom stereocenters. The number of guanidine groups is 1. The predicted octanol–water partition coefficient (Wildman–Crippen LogP) is 4.50. The number of aliphatic imine (C=N–C) groups is 1. The second-order valence-electron chi connectivity index (χ2n) is 8.38. The summed E-state index contributed by atoms with van der Waals surface area (Å²) in [6.45, 7) is 0.777. The minimum absolute atomic E-state index is 0. The van der Waals surface area contributed by atoms with Crippen LogP contribution in [0.4, 0.5) is 0 Å². The number of imidazole rings is 1. The van der Waals surface area contributed by atoms with Crippen LogP contribution >= 0.6 is 24.0 Å². The highest BCUT2D eigenvalue weighted by atomic mass is 127. The fourth-order valence-electron chi connectivity index (χ4n) is 4.85. The molecule has 1 aliphatic carbocycles. The molecule has 3 heterocycles. The number of halogens is 1. The first-order chi connectivity index (χ1) is 14.7. The van der Waals surface area contributed by atoms with E-state index in [9.17, 15) is 0 Å². The Labute approximate surface area is 200 Å². The van der Waals surface area contributed by atoms with E-state index in [-0.39, 0.29) is 35.6 Å². The molecule has 7 heteroatoms. The van der Waals surface area contributed by atoms with Crippen molar-refractivity contribution in [3.05, 3.63) is 66.1 Å². The van der Waals surface area contributed by atoms with Crippen LogP contribution in [-0.4, -0.2) is 34.5 Å². The van der Waals surface area contributed by atoms with Gasteiger partial charge in [0.2, 0.25) is 0 Å². The number of pyridine rings is 1. The van der Waals surface area contributed by atoms with Crippen molar-refractivity contribution in [2.24, 2.45) is 4.99 Å². The van der Waals surface area contributed by atoms with Gasteiger partial charge in [-0.05, 0) is 43.9 Å². The Morgan fingerprint density at radius 3 is 2.81 bits per heavy atom. The molecule has 1 atom stereocenters. The molecule has 0 amide bonds. The maximum Gasteiger partial charge on any atom is 0.191 e. The summed E-state index contributed by atoms with van der Waals surface area (Å²) < 4.78 is 8.54. The number of hydrogen-bond donors (Lipinski definition) is 2. The highest BCUT2D eigenvalue weighted by molar-refractivity contribution is 14.0. The van der Waals surface area contributed by atoms with Crippen LogP contribution < -0.4 is 15.4 Å². The zero-order chi connectivity index (χ0) is 20.4. The van der Waals surface area contributed by atoms with Crippen molar-refractivity contribution in [2.75, 3.05) is 13.6 Å². The smallest absolute Gasteiger partial charge is 0.191 e. The lowest BCUT2D eigenvalue weighted by atomic mass is 9.86. The van der Waals surface area contributed by atoms with E-state index in [4.69, 9.17) is 4.74 Å². The summed E-state index contributed by atoms with van der Waals surface area (Å²) in [5, 5.41) is 7.13. The normalized spacial score (nSPS) is 19.5. The second-order valence-corrected chi connectivity index (χ2v) is 8.38. The SMILES string of the molecule is CN=C(NCCc1cn2ccccc2n1)NC1CC2(CCCC2)Oc2ccccc21.I. The van der Waals surface area contributed by atoms with E-state index in [1.807, 2.05) is 31.4 Å². The van der Waals surface area contributed by atoms with Crippen LogP contribution in [-0.2, 0) is 6.42 Å². The van der Waals surface area contributed by atoms with Gasteiger partial charge in [-0.3, -0.25) is 4.99 Å². The van der Waals surface area contributed by atoms with E-state index in [1.54, 1.807) is 0 Å². The summed E-state index contributed by atoms with van der Waals surface area (Å²) in [6, 6.07) is 14.7. The number of rotatable bonds is 4. The summed E-state index contributed by atoms with van der Waals surface area (Å²) in [6.07, 6.45) is 10.7. The molecule has 3 aromatic rings. The van der Waals surface area contributed by atoms with Crippen LogP contribution in [0.5, 0.6) is 5.75 Å². The fourth-order valence-corrected chi connectivity index (χ4v) is 4.85. The Kier molecular flexibility index (Phi) is 6.69. The van der Waals surface area contributed by atoms with Crippen LogP contribution in [0.1, 0.15) is 49.4 Å². The predicted molar refractivity (Wildman–Crippen MR) is 134 cm³/mol. The molecule has 1 aromatic carbocycles. The van der Waals surface area contributed by atoms with E-state index in [0.29, 0.717) is 0 Å². The third-order valence-electron chi connectivity index (χ3n) is 6.33. The highest BCUT2D eigenvalue weighted by Crippen LogP contribution is 2.46. The van der Waals surface area contributed by atoms with Crippen molar-refractivity contribution in [2.45, 2.75) is 50.2 Å². The lowest BCUT2D eigenvalue weighted by Gasteiger charge is -2.40. The van der Waals surface area contributed by atoms with Gasteiger partial charge in [-0.15, -0.1) is 24.0 Å². The van der Waals surface area contributed by atoms with Crippen molar-refractivity contribution in [3.63, 3.8) is 0 Å². The molecule has 2 aromatic heterocycles. The van der Waals surface area contributed by atoms with Crippen molar-refractivity contribution >= 4 is 35.6 Å². The van der Waals surface area contributed by atoms with Crippen molar-refractivity contribution in [1.29, 1.82) is 0 Å². The molecular formula is C24H30IN5O. The van der Waals surface area contributed by atoms with Gasteiger partial charge in [-0.25, -0.2) is 4.98 Å². The lowest BCUT2D eigenvalue weighted by Crippen LogP contribution is -2.47. The Balaban J connectivity index is 0.00000231. The zero-order valence-corrected chi connectivity index (χ0v) is 20.2. The van der Waals surface area contributed by atoms with E-state index in [2.05, 4.69) is 55.5 Å². The summed E-state index contributed by atoms with van der Waals surface area (Å²) in [5.74, 6) is 1.84. The molecule has 164 valence electrons. The summed E-state index contributed by atoms with van der Waals surface area (Å²) in [4.78, 5) is 9.15. The molecule has 2 aliphatic rings. The third kappa shape index (κ3) is 4.66. The molecule has 1 spiro atoms. The summed E-state index contributed by atoms with van der Waals surface area (Å²) >= 11 is 0. The van der Waals surface area contributed by atoms with Crippen LogP contribution in [0.3, 0.4) is 0 Å². The maximum atomic E-state index is 6.48. The zero-order valence-electron chi connectivity index (χ0n) is 17.9. The van der Waals surface area contributed by atoms with Gasteiger partial charge in [0.05, 0.1) is 11.7 Å². The molecule has 31 heavy (non-hydrogen) atoms. The largest absolute Gasteiger partial charge is 0.487 e. The van der Waals surface area contributed by atoms with E-state index >= 15 is 0 Å². The number of para-hydroxylation sites is 1. The van der Waals surface area contributed by atoms with Gasteiger partial charge in [0, 0.05) is 44.4 Å². The number of nitrogens with one attached hydrogen (secondary N) is 2. The average Bonchev–Trinajstić information content (AvgIpc) is 3.39. The molecule has 2 N–H and O–H groups in total. The molecule has 1 aliphatic heterocycles. The monoisotopic (exact) mass is 531 g/mol. The molecule has 0 radical (unpaired) electrons. The summed E-state index contributed by atoms with van der Waals surface area (Å²) in [7, 11) is 1.83. The molecule has 5 rings (SSSR count). The number of fused-ring (bicyclic) bond motifs is 2. The molecular weight excluding hydrogens is 501 g/mol. The van der Waals surface area contributed by atoms with Crippen LogP contribution in [0, 0.1) is 0 Å². The topological polar surface area (TPSA) is 63.0 Å². The average molecular weight is 531 g/mol. The van der Waals surface area contributed by atoms with Crippen LogP contribution in [0.25, 0.3) is 5.65 Å². The van der Waals surface area contributed by atoms with E-state index < -0.39 is 0 Å². The first-order valence-electron chi connectivity index (χ1n) is 10.9. The van der Waals surface area contributed by atoms with E-state index in [0.717, 1.165) is 55.3 Å². The minimum Gasteiger partial charge on any atom is -0.487 e. The Bertz CT molecular complexity index is 1020. The van der Waals surface area contributed by atoms with Crippen LogP contribution in [0.15, 0.2) is 59.9 Å². The van der Waals surface area contributed by atoms with Crippen LogP contribution in [0.2, 0.25) is 0 Å². The third-order valence-corrected chi connectivity index (χ3v) is 6.33. The highest BCUT2D eigenvalue weighted by Gasteiger charge is 2.43. The minimum atomic E-state index is -0.0264. The Hall–Kier alpha value is -2.29. The van der Waals surface area contributed by atoms with E-state index in [1.165, 1.54) is 18.4 Å². The number of benzene rings is 1. The van der Waals surface area contributed by atoms with Gasteiger partial charge in [-0.2, -0.15) is 0 Å². The number of ether oxygens (including phenoxy) is 1. The quantitative estimate of drug-likeness (QED) is 0.296. The Morgan fingerprint density at radius 2 is 2.00 bits per heavy atom. The van der Waals surface area contributed by atoms with Gasteiger partial charge < -0.3 is 19.8 Å². The van der Waals surface area contributed by atoms with Crippen molar-refractivity contribution in [1.82, 2.24) is 20.0 Å². The fraction of sp³-hybridized carbons (Fsp3) is 0.417. The molecule has 1 saturated carbocycles. The molecule has 6 nitrogen and oxygen atoms in total. The molecule has 0 saturated heterocycles. The van der Waals surface area contributed by atoms with Gasteiger partial charge in [0.25, 0.3) is 0 Å². The van der Waals surface area contributed by atoms with Gasteiger partial charge in [0.1, 0.15) is 17.0 Å². The standard InChI is InChI=1S/C24H29N5O.HI/c1-25-23(26-14-11-18-17-29-15-7-4-10-22(29)27-18)28-20-16-24(12-5-6-13-24)30-21-9-3-2-8-19(20)21;/h2-4,7-10,15,17,20H,5-6,11-14,16H2,1H3,(H2,25,26,28);1H. The van der Waals surface area contributed by atoms with Crippen molar-refractivity contribution in [3.8, 4) is 5.75 Å². The number of aromatic nitrogens is 2. The Morgan fingerprint density at radius 1 is 1.19 bits per heavy atom. The van der Waals surface area contributed by atoms with Gasteiger partial charge >= 0.3 is 0 Å². The maximum absolute atomic E-state index is 6.48. The second kappa shape index (κ2) is 9.46. The first kappa shape index (κ1) is 21.9. The lowest BCUT2D eigenvalue weighted by molar-refractivity contribution is 0.0396. The first-order valence-corrected chi connectivity index (χ1v) is 10.9. The molecule has 0 bridgehead atoms. The summed E-state index contributed by atoms with van der Waals surface area (Å²) in [5.41, 5.74) is 3.25. The number of nitrogens with zero attached hydrogens (tertiary/aromatic N) is 3. The van der Waals surface area contributed by atoms with Crippen molar-refractivity contribution < 1.29 is 4.74 Å².